The van der Waals surface area contributed by atoms with Crippen LogP contribution in [-0.2, 0) is 0 Å². The van der Waals surface area contributed by atoms with E-state index in [9.17, 15) is 5.11 Å². The molecule has 0 aliphatic carbocycles. The molecule has 0 amide bonds. The fraction of sp³-hybridized carbons (Fsp3) is 0.0833. The van der Waals surface area contributed by atoms with Gasteiger partial charge in [-0.1, -0.05) is 12.1 Å². The molecule has 0 unspecified atom stereocenters. The van der Waals surface area contributed by atoms with Gasteiger partial charge < -0.3 is 16.6 Å². The van der Waals surface area contributed by atoms with Crippen molar-refractivity contribution >= 4 is 11.8 Å². The lowest BCUT2D eigenvalue weighted by atomic mass is 10.0. The van der Waals surface area contributed by atoms with Crippen LogP contribution in [0.2, 0.25) is 0 Å². The predicted molar refractivity (Wildman–Crippen MR) is 67.4 cm³/mol. The van der Waals surface area contributed by atoms with Crippen molar-refractivity contribution in [3.05, 3.63) is 29.3 Å². The molecule has 5 N–H and O–H groups in total. The van der Waals surface area contributed by atoms with Crippen LogP contribution in [0.3, 0.4) is 0 Å². The Bertz CT molecular complexity index is 660. The number of rotatable bonds is 1. The molecule has 0 radical (unpaired) electrons. The lowest BCUT2D eigenvalue weighted by molar-refractivity contribution is 0.471. The molecule has 90 valence electrons. The molecule has 6 nitrogen and oxygen atoms in total. The second-order valence-corrected chi connectivity index (χ2v) is 3.80. The van der Waals surface area contributed by atoms with Gasteiger partial charge in [0.1, 0.15) is 23.2 Å². The zero-order valence-electron chi connectivity index (χ0n) is 9.68. The van der Waals surface area contributed by atoms with Crippen LogP contribution in [0.15, 0.2) is 18.2 Å². The number of aromatic nitrogens is 2. The minimum absolute atomic E-state index is 0.0124. The highest BCUT2D eigenvalue weighted by atomic mass is 16.3. The average Bonchev–Trinajstić information content (AvgIpc) is 2.32. The quantitative estimate of drug-likeness (QED) is 0.689. The third kappa shape index (κ3) is 1.89. The number of nitrogens with two attached hydrogens (primary N) is 2. The van der Waals surface area contributed by atoms with E-state index in [0.717, 1.165) is 5.56 Å². The summed E-state index contributed by atoms with van der Waals surface area (Å²) in [4.78, 5) is 7.73. The van der Waals surface area contributed by atoms with E-state index in [2.05, 4.69) is 9.97 Å². The lowest BCUT2D eigenvalue weighted by Gasteiger charge is -2.07. The Morgan fingerprint density at radius 2 is 2.00 bits per heavy atom. The summed E-state index contributed by atoms with van der Waals surface area (Å²) in [5.74, 6) is 0.133. The smallest absolute Gasteiger partial charge is 0.222 e. The zero-order chi connectivity index (χ0) is 13.3. The molecule has 6 heteroatoms. The van der Waals surface area contributed by atoms with Gasteiger partial charge in [-0.05, 0) is 18.6 Å². The Morgan fingerprint density at radius 1 is 1.28 bits per heavy atom. The monoisotopic (exact) mass is 241 g/mol. The zero-order valence-corrected chi connectivity index (χ0v) is 9.68. The summed E-state index contributed by atoms with van der Waals surface area (Å²) in [7, 11) is 0. The largest absolute Gasteiger partial charge is 0.508 e. The summed E-state index contributed by atoms with van der Waals surface area (Å²) in [6.07, 6.45) is 0. The van der Waals surface area contributed by atoms with Crippen molar-refractivity contribution in [3.63, 3.8) is 0 Å². The van der Waals surface area contributed by atoms with Gasteiger partial charge in [0.2, 0.25) is 5.95 Å². The number of hydrogen-bond acceptors (Lipinski definition) is 6. The van der Waals surface area contributed by atoms with E-state index in [0.29, 0.717) is 11.3 Å². The van der Waals surface area contributed by atoms with E-state index in [-0.39, 0.29) is 23.1 Å². The van der Waals surface area contributed by atoms with E-state index in [1.165, 1.54) is 6.07 Å². The highest BCUT2D eigenvalue weighted by Gasteiger charge is 2.13. The fourth-order valence-corrected chi connectivity index (χ4v) is 1.57. The van der Waals surface area contributed by atoms with Crippen molar-refractivity contribution in [1.29, 1.82) is 5.26 Å². The molecule has 0 bridgehead atoms. The molecular formula is C12H11N5O. The van der Waals surface area contributed by atoms with E-state index >= 15 is 0 Å². The van der Waals surface area contributed by atoms with E-state index in [4.69, 9.17) is 16.7 Å². The summed E-state index contributed by atoms with van der Waals surface area (Å²) in [5, 5.41) is 18.7. The number of nitrogens with zero attached hydrogens (tertiary/aromatic N) is 3. The molecule has 0 saturated heterocycles. The van der Waals surface area contributed by atoms with Gasteiger partial charge >= 0.3 is 0 Å². The van der Waals surface area contributed by atoms with Gasteiger partial charge in [0, 0.05) is 5.56 Å². The molecule has 0 aliphatic rings. The van der Waals surface area contributed by atoms with Crippen molar-refractivity contribution in [2.45, 2.75) is 6.92 Å². The number of anilines is 2. The molecule has 0 atom stereocenters. The molecule has 0 aliphatic heterocycles. The summed E-state index contributed by atoms with van der Waals surface area (Å²) in [6.45, 7) is 1.77. The predicted octanol–water partition coefficient (Wildman–Crippen LogP) is 1.19. The standard InChI is InChI=1S/C12H11N5O/c1-6-2-3-7(4-9(6)18)10-8(5-13)11(14)17-12(15)16-10/h2-4,18H,1H3,(H4,14,15,16,17). The Labute approximate surface area is 104 Å². The minimum Gasteiger partial charge on any atom is -0.508 e. The van der Waals surface area contributed by atoms with Crippen LogP contribution in [0.5, 0.6) is 5.75 Å². The Balaban J connectivity index is 2.70. The molecule has 1 heterocycles. The highest BCUT2D eigenvalue weighted by molar-refractivity contribution is 5.74. The Morgan fingerprint density at radius 3 is 2.61 bits per heavy atom. The van der Waals surface area contributed by atoms with Gasteiger partial charge in [-0.15, -0.1) is 0 Å². The number of nitrogen functional groups attached to an aromatic ring is 2. The van der Waals surface area contributed by atoms with Crippen LogP contribution >= 0.6 is 0 Å². The second kappa shape index (κ2) is 4.22. The molecule has 1 aromatic carbocycles. The number of aryl methyl sites for hydroxylation is 1. The highest BCUT2D eigenvalue weighted by Crippen LogP contribution is 2.29. The third-order valence-corrected chi connectivity index (χ3v) is 2.55. The van der Waals surface area contributed by atoms with Crippen LogP contribution in [-0.4, -0.2) is 15.1 Å². The Kier molecular flexibility index (Phi) is 2.73. The van der Waals surface area contributed by atoms with Crippen molar-refractivity contribution in [2.24, 2.45) is 0 Å². The third-order valence-electron chi connectivity index (χ3n) is 2.55. The number of phenolic OH excluding ortho intramolecular Hbond substituents is 1. The summed E-state index contributed by atoms with van der Waals surface area (Å²) in [6, 6.07) is 6.90. The van der Waals surface area contributed by atoms with Crippen molar-refractivity contribution in [3.8, 4) is 23.1 Å². The van der Waals surface area contributed by atoms with Crippen LogP contribution in [0.1, 0.15) is 11.1 Å². The maximum Gasteiger partial charge on any atom is 0.222 e. The van der Waals surface area contributed by atoms with Crippen LogP contribution in [0.25, 0.3) is 11.3 Å². The Hall–Kier alpha value is -2.81. The van der Waals surface area contributed by atoms with Gasteiger partial charge in [-0.3, -0.25) is 0 Å². The van der Waals surface area contributed by atoms with E-state index in [1.54, 1.807) is 19.1 Å². The molecular weight excluding hydrogens is 230 g/mol. The molecule has 0 fully saturated rings. The fourth-order valence-electron chi connectivity index (χ4n) is 1.57. The SMILES string of the molecule is Cc1ccc(-c2nc(N)nc(N)c2C#N)cc1O. The first kappa shape index (κ1) is 11.7. The van der Waals surface area contributed by atoms with Gasteiger partial charge in [-0.25, -0.2) is 4.98 Å². The molecule has 2 rings (SSSR count). The number of nitriles is 1. The molecule has 18 heavy (non-hydrogen) atoms. The van der Waals surface area contributed by atoms with Gasteiger partial charge in [0.25, 0.3) is 0 Å². The topological polar surface area (TPSA) is 122 Å². The summed E-state index contributed by atoms with van der Waals surface area (Å²) in [5.41, 5.74) is 12.9. The van der Waals surface area contributed by atoms with Crippen molar-refractivity contribution < 1.29 is 5.11 Å². The van der Waals surface area contributed by atoms with Crippen molar-refractivity contribution in [2.75, 3.05) is 11.5 Å². The summed E-state index contributed by atoms with van der Waals surface area (Å²) >= 11 is 0. The number of phenols is 1. The maximum atomic E-state index is 9.67. The molecule has 2 aromatic rings. The molecule has 0 saturated carbocycles. The minimum atomic E-state index is -0.0124. The first-order valence-electron chi connectivity index (χ1n) is 5.16. The van der Waals surface area contributed by atoms with Crippen molar-refractivity contribution in [1.82, 2.24) is 9.97 Å². The molecule has 0 spiro atoms. The lowest BCUT2D eigenvalue weighted by Crippen LogP contribution is -2.04. The number of aromatic hydroxyl groups is 1. The van der Waals surface area contributed by atoms with Gasteiger partial charge in [-0.2, -0.15) is 10.2 Å². The first-order valence-corrected chi connectivity index (χ1v) is 5.16. The van der Waals surface area contributed by atoms with E-state index in [1.807, 2.05) is 6.07 Å². The van der Waals surface area contributed by atoms with E-state index < -0.39 is 0 Å². The van der Waals surface area contributed by atoms with Gasteiger partial charge in [0.05, 0.1) is 5.69 Å². The first-order chi connectivity index (χ1) is 8.52. The average molecular weight is 241 g/mol. The molecule has 1 aromatic heterocycles. The van der Waals surface area contributed by atoms with Gasteiger partial charge in [0.15, 0.2) is 0 Å². The second-order valence-electron chi connectivity index (χ2n) is 3.80. The van der Waals surface area contributed by atoms with Crippen LogP contribution in [0.4, 0.5) is 11.8 Å². The number of hydrogen-bond donors (Lipinski definition) is 3. The van der Waals surface area contributed by atoms with Crippen LogP contribution in [0, 0.1) is 18.3 Å². The number of benzene rings is 1. The normalized spacial score (nSPS) is 10.0. The van der Waals surface area contributed by atoms with Crippen LogP contribution < -0.4 is 11.5 Å². The maximum absolute atomic E-state index is 9.67. The summed E-state index contributed by atoms with van der Waals surface area (Å²) < 4.78 is 0.